The number of hydrogen-bond acceptors (Lipinski definition) is 5. The molecule has 2 aromatic rings. The molecule has 1 atom stereocenters. The summed E-state index contributed by atoms with van der Waals surface area (Å²) in [5.74, 6) is 1.21. The molecule has 0 bridgehead atoms. The van der Waals surface area contributed by atoms with E-state index in [2.05, 4.69) is 5.32 Å². The molecule has 8 heteroatoms. The summed E-state index contributed by atoms with van der Waals surface area (Å²) in [6, 6.07) is 12.2. The molecule has 1 amide bonds. The molecule has 0 aliphatic heterocycles. The Kier molecular flexibility index (Phi) is 8.25. The highest BCUT2D eigenvalue weighted by Crippen LogP contribution is 2.25. The standard InChI is InChI=1S/C22H30N2O5S/c1-16-8-6-7-9-20(16)29-15-17(2)23-22(25)13-10-18-14-19(11-12-21(18)28-5)30(26,27)24(3)4/h6-9,11-12,14,17H,10,13,15H2,1-5H3,(H,23,25). The largest absolute Gasteiger partial charge is 0.496 e. The fraction of sp³-hybridized carbons (Fsp3) is 0.409. The highest BCUT2D eigenvalue weighted by molar-refractivity contribution is 7.89. The van der Waals surface area contributed by atoms with E-state index in [1.54, 1.807) is 12.1 Å². The van der Waals surface area contributed by atoms with Crippen LogP contribution in [0.3, 0.4) is 0 Å². The molecule has 0 saturated carbocycles. The number of benzene rings is 2. The highest BCUT2D eigenvalue weighted by atomic mass is 32.2. The first-order valence-electron chi connectivity index (χ1n) is 9.72. The molecule has 1 unspecified atom stereocenters. The van der Waals surface area contributed by atoms with Gasteiger partial charge in [0.15, 0.2) is 0 Å². The Bertz CT molecular complexity index is 973. The molecular formula is C22H30N2O5S. The number of carbonyl (C=O) groups excluding carboxylic acids is 1. The Labute approximate surface area is 179 Å². The highest BCUT2D eigenvalue weighted by Gasteiger charge is 2.19. The number of ether oxygens (including phenoxy) is 2. The number of nitrogens with zero attached hydrogens (tertiary/aromatic N) is 1. The van der Waals surface area contributed by atoms with E-state index in [0.29, 0.717) is 24.3 Å². The molecule has 0 aromatic heterocycles. The topological polar surface area (TPSA) is 84.9 Å². The van der Waals surface area contributed by atoms with E-state index in [1.807, 2.05) is 38.1 Å². The summed E-state index contributed by atoms with van der Waals surface area (Å²) < 4.78 is 37.0. The predicted octanol–water partition coefficient (Wildman–Crippen LogP) is 2.77. The van der Waals surface area contributed by atoms with Gasteiger partial charge in [-0.1, -0.05) is 18.2 Å². The van der Waals surface area contributed by atoms with Crippen molar-refractivity contribution in [2.24, 2.45) is 0 Å². The van der Waals surface area contributed by atoms with Gasteiger partial charge in [-0.15, -0.1) is 0 Å². The third-order valence-electron chi connectivity index (χ3n) is 4.64. The average molecular weight is 435 g/mol. The number of aryl methyl sites for hydroxylation is 2. The summed E-state index contributed by atoms with van der Waals surface area (Å²) in [4.78, 5) is 12.5. The number of hydrogen-bond donors (Lipinski definition) is 1. The lowest BCUT2D eigenvalue weighted by molar-refractivity contribution is -0.121. The van der Waals surface area contributed by atoms with E-state index >= 15 is 0 Å². The zero-order valence-electron chi connectivity index (χ0n) is 18.1. The molecule has 30 heavy (non-hydrogen) atoms. The van der Waals surface area contributed by atoms with Crippen LogP contribution in [0.4, 0.5) is 0 Å². The Balaban J connectivity index is 1.95. The van der Waals surface area contributed by atoms with E-state index in [0.717, 1.165) is 15.6 Å². The summed E-state index contributed by atoms with van der Waals surface area (Å²) in [6.07, 6.45) is 0.563. The third-order valence-corrected chi connectivity index (χ3v) is 6.45. The number of para-hydroxylation sites is 1. The molecule has 7 nitrogen and oxygen atoms in total. The van der Waals surface area contributed by atoms with Gasteiger partial charge in [0.05, 0.1) is 18.0 Å². The van der Waals surface area contributed by atoms with Crippen LogP contribution in [0.25, 0.3) is 0 Å². The number of nitrogens with one attached hydrogen (secondary N) is 1. The quantitative estimate of drug-likeness (QED) is 0.622. The Morgan fingerprint density at radius 3 is 2.47 bits per heavy atom. The fourth-order valence-corrected chi connectivity index (χ4v) is 3.84. The zero-order valence-corrected chi connectivity index (χ0v) is 19.0. The lowest BCUT2D eigenvalue weighted by Gasteiger charge is -2.17. The number of amides is 1. The van der Waals surface area contributed by atoms with Gasteiger partial charge in [-0.25, -0.2) is 12.7 Å². The normalized spacial score (nSPS) is 12.5. The second-order valence-corrected chi connectivity index (χ2v) is 9.46. The van der Waals surface area contributed by atoms with Crippen LogP contribution in [0.2, 0.25) is 0 Å². The van der Waals surface area contributed by atoms with Crippen molar-refractivity contribution in [1.29, 1.82) is 0 Å². The van der Waals surface area contributed by atoms with Crippen LogP contribution < -0.4 is 14.8 Å². The fourth-order valence-electron chi connectivity index (χ4n) is 2.89. The van der Waals surface area contributed by atoms with Gasteiger partial charge in [-0.2, -0.15) is 0 Å². The first-order valence-corrected chi connectivity index (χ1v) is 11.2. The maximum atomic E-state index is 12.4. The van der Waals surface area contributed by atoms with Crippen molar-refractivity contribution in [1.82, 2.24) is 9.62 Å². The molecule has 2 rings (SSSR count). The average Bonchev–Trinajstić information content (AvgIpc) is 2.71. The Morgan fingerprint density at radius 2 is 1.83 bits per heavy atom. The molecule has 0 fully saturated rings. The van der Waals surface area contributed by atoms with Crippen molar-refractivity contribution in [3.05, 3.63) is 53.6 Å². The van der Waals surface area contributed by atoms with Gasteiger partial charge in [0.1, 0.15) is 18.1 Å². The molecule has 164 valence electrons. The second-order valence-electron chi connectivity index (χ2n) is 7.31. The van der Waals surface area contributed by atoms with Gasteiger partial charge >= 0.3 is 0 Å². The van der Waals surface area contributed by atoms with Gasteiger partial charge in [0.25, 0.3) is 0 Å². The second kappa shape index (κ2) is 10.4. The summed E-state index contributed by atoms with van der Waals surface area (Å²) in [6.45, 7) is 4.20. The van der Waals surface area contributed by atoms with Crippen LogP contribution in [0, 0.1) is 6.92 Å². The van der Waals surface area contributed by atoms with Gasteiger partial charge in [0, 0.05) is 20.5 Å². The van der Waals surface area contributed by atoms with Crippen LogP contribution in [0.15, 0.2) is 47.4 Å². The van der Waals surface area contributed by atoms with Crippen molar-refractivity contribution in [3.63, 3.8) is 0 Å². The lowest BCUT2D eigenvalue weighted by Crippen LogP contribution is -2.37. The van der Waals surface area contributed by atoms with Crippen molar-refractivity contribution < 1.29 is 22.7 Å². The molecule has 0 saturated heterocycles. The van der Waals surface area contributed by atoms with E-state index in [1.165, 1.54) is 27.3 Å². The van der Waals surface area contributed by atoms with Gasteiger partial charge < -0.3 is 14.8 Å². The van der Waals surface area contributed by atoms with Crippen molar-refractivity contribution in [3.8, 4) is 11.5 Å². The first-order chi connectivity index (χ1) is 14.1. The monoisotopic (exact) mass is 434 g/mol. The number of methoxy groups -OCH3 is 1. The molecule has 0 aliphatic carbocycles. The van der Waals surface area contributed by atoms with Crippen molar-refractivity contribution in [2.75, 3.05) is 27.8 Å². The van der Waals surface area contributed by atoms with Crippen LogP contribution in [0.1, 0.15) is 24.5 Å². The zero-order chi connectivity index (χ0) is 22.3. The number of sulfonamides is 1. The predicted molar refractivity (Wildman–Crippen MR) is 116 cm³/mol. The molecule has 0 aliphatic rings. The number of carbonyl (C=O) groups is 1. The minimum Gasteiger partial charge on any atom is -0.496 e. The van der Waals surface area contributed by atoms with Crippen LogP contribution in [-0.4, -0.2) is 52.5 Å². The SMILES string of the molecule is COc1ccc(S(=O)(=O)N(C)C)cc1CCC(=O)NC(C)COc1ccccc1C. The lowest BCUT2D eigenvalue weighted by atomic mass is 10.1. The maximum Gasteiger partial charge on any atom is 0.242 e. The third kappa shape index (κ3) is 6.21. The molecule has 1 N–H and O–H groups in total. The van der Waals surface area contributed by atoms with Crippen molar-refractivity contribution >= 4 is 15.9 Å². The smallest absolute Gasteiger partial charge is 0.242 e. The molecule has 2 aromatic carbocycles. The van der Waals surface area contributed by atoms with E-state index in [4.69, 9.17) is 9.47 Å². The van der Waals surface area contributed by atoms with Crippen molar-refractivity contribution in [2.45, 2.75) is 37.6 Å². The summed E-state index contributed by atoms with van der Waals surface area (Å²) >= 11 is 0. The van der Waals surface area contributed by atoms with Gasteiger partial charge in [0.2, 0.25) is 15.9 Å². The number of rotatable bonds is 10. The van der Waals surface area contributed by atoms with Gasteiger partial charge in [-0.05, 0) is 55.7 Å². The van der Waals surface area contributed by atoms with E-state index in [-0.39, 0.29) is 23.3 Å². The van der Waals surface area contributed by atoms with Gasteiger partial charge in [-0.3, -0.25) is 4.79 Å². The summed E-state index contributed by atoms with van der Waals surface area (Å²) in [7, 11) is 0.918. The van der Waals surface area contributed by atoms with Crippen LogP contribution in [-0.2, 0) is 21.2 Å². The summed E-state index contributed by atoms with van der Waals surface area (Å²) in [5.41, 5.74) is 1.70. The Morgan fingerprint density at radius 1 is 1.13 bits per heavy atom. The van der Waals surface area contributed by atoms with E-state index in [9.17, 15) is 13.2 Å². The Hall–Kier alpha value is -2.58. The van der Waals surface area contributed by atoms with E-state index < -0.39 is 10.0 Å². The summed E-state index contributed by atoms with van der Waals surface area (Å²) in [5, 5.41) is 2.91. The molecular weight excluding hydrogens is 404 g/mol. The maximum absolute atomic E-state index is 12.4. The molecule has 0 heterocycles. The van der Waals surface area contributed by atoms with Crippen LogP contribution >= 0.6 is 0 Å². The molecule has 0 spiro atoms. The first kappa shape index (κ1) is 23.7. The van der Waals surface area contributed by atoms with Crippen LogP contribution in [0.5, 0.6) is 11.5 Å². The minimum atomic E-state index is -3.56. The minimum absolute atomic E-state index is 0.140. The molecule has 0 radical (unpaired) electrons.